The summed E-state index contributed by atoms with van der Waals surface area (Å²) in [6.45, 7) is -0.0962. The Hall–Kier alpha value is -0.550. The van der Waals surface area contributed by atoms with Gasteiger partial charge in [0.25, 0.3) is 6.43 Å². The molecule has 2 unspecified atom stereocenters. The minimum absolute atomic E-state index is 0.0962. The molecule has 1 saturated heterocycles. The smallest absolute Gasteiger partial charge is 0.256 e. The van der Waals surface area contributed by atoms with Gasteiger partial charge in [0.1, 0.15) is 0 Å². The number of alkyl halides is 2. The van der Waals surface area contributed by atoms with Crippen LogP contribution in [0.5, 0.6) is 0 Å². The standard InChI is InChI=1S/C5H7F2NO2/c6-5(7)3-2-10-4(1-9)8-3/h1,3-5,8H,2H2. The largest absolute Gasteiger partial charge is 0.354 e. The normalized spacial score (nSPS) is 33.1. The molecule has 10 heavy (non-hydrogen) atoms. The highest BCUT2D eigenvalue weighted by Crippen LogP contribution is 2.08. The first-order chi connectivity index (χ1) is 4.74. The predicted octanol–water partition coefficient (Wildman–Crippen LogP) is -0.235. The van der Waals surface area contributed by atoms with Crippen molar-refractivity contribution in [3.8, 4) is 0 Å². The molecule has 1 aliphatic rings. The maximum atomic E-state index is 11.8. The minimum Gasteiger partial charge on any atom is -0.354 e. The fourth-order valence-electron chi connectivity index (χ4n) is 0.739. The van der Waals surface area contributed by atoms with Crippen molar-refractivity contribution in [3.63, 3.8) is 0 Å². The van der Waals surface area contributed by atoms with Crippen molar-refractivity contribution in [2.75, 3.05) is 6.61 Å². The molecule has 58 valence electrons. The summed E-state index contributed by atoms with van der Waals surface area (Å²) >= 11 is 0. The maximum Gasteiger partial charge on any atom is 0.256 e. The molecule has 0 aromatic heterocycles. The summed E-state index contributed by atoms with van der Waals surface area (Å²) in [6.07, 6.45) is -2.86. The molecule has 0 bridgehead atoms. The van der Waals surface area contributed by atoms with Gasteiger partial charge in [-0.15, -0.1) is 0 Å². The summed E-state index contributed by atoms with van der Waals surface area (Å²) in [5.41, 5.74) is 0. The average molecular weight is 151 g/mol. The predicted molar refractivity (Wildman–Crippen MR) is 28.7 cm³/mol. The van der Waals surface area contributed by atoms with Crippen LogP contribution in [0.3, 0.4) is 0 Å². The van der Waals surface area contributed by atoms with Gasteiger partial charge in [-0.1, -0.05) is 0 Å². The summed E-state index contributed by atoms with van der Waals surface area (Å²) in [5.74, 6) is 0. The van der Waals surface area contributed by atoms with Crippen molar-refractivity contribution in [3.05, 3.63) is 0 Å². The second-order valence-electron chi connectivity index (χ2n) is 2.00. The lowest BCUT2D eigenvalue weighted by atomic mass is 10.3. The van der Waals surface area contributed by atoms with Crippen molar-refractivity contribution in [2.24, 2.45) is 0 Å². The first kappa shape index (κ1) is 7.56. The molecular weight excluding hydrogens is 144 g/mol. The van der Waals surface area contributed by atoms with Crippen molar-refractivity contribution >= 4 is 6.29 Å². The Morgan fingerprint density at radius 3 is 2.70 bits per heavy atom. The number of ether oxygens (including phenoxy) is 1. The van der Waals surface area contributed by atoms with Gasteiger partial charge in [-0.25, -0.2) is 8.78 Å². The Morgan fingerprint density at radius 1 is 1.70 bits per heavy atom. The average Bonchev–Trinajstić information content (AvgIpc) is 2.34. The van der Waals surface area contributed by atoms with Gasteiger partial charge in [0.15, 0.2) is 12.5 Å². The summed E-state index contributed by atoms with van der Waals surface area (Å²) in [4.78, 5) is 9.94. The van der Waals surface area contributed by atoms with E-state index in [2.05, 4.69) is 10.1 Å². The fraction of sp³-hybridized carbons (Fsp3) is 0.800. The maximum absolute atomic E-state index is 11.8. The number of hydrogen-bond acceptors (Lipinski definition) is 3. The minimum atomic E-state index is -2.47. The SMILES string of the molecule is O=CC1NC(C(F)F)CO1. The number of rotatable bonds is 2. The van der Waals surface area contributed by atoms with Crippen LogP contribution in [0.2, 0.25) is 0 Å². The molecule has 0 saturated carbocycles. The highest BCUT2D eigenvalue weighted by Gasteiger charge is 2.30. The van der Waals surface area contributed by atoms with Crippen molar-refractivity contribution < 1.29 is 18.3 Å². The van der Waals surface area contributed by atoms with E-state index >= 15 is 0 Å². The van der Waals surface area contributed by atoms with Crippen LogP contribution in [0.4, 0.5) is 8.78 Å². The summed E-state index contributed by atoms with van der Waals surface area (Å²) < 4.78 is 28.2. The van der Waals surface area contributed by atoms with Crippen molar-refractivity contribution in [2.45, 2.75) is 18.7 Å². The van der Waals surface area contributed by atoms with Gasteiger partial charge in [0.2, 0.25) is 0 Å². The Morgan fingerprint density at radius 2 is 2.40 bits per heavy atom. The van der Waals surface area contributed by atoms with Gasteiger partial charge in [-0.2, -0.15) is 0 Å². The van der Waals surface area contributed by atoms with Gasteiger partial charge in [0.05, 0.1) is 12.6 Å². The van der Waals surface area contributed by atoms with E-state index < -0.39 is 18.7 Å². The molecule has 0 amide bonds. The highest BCUT2D eigenvalue weighted by molar-refractivity contribution is 5.55. The number of halogens is 2. The van der Waals surface area contributed by atoms with E-state index in [1.807, 2.05) is 0 Å². The third kappa shape index (κ3) is 1.48. The summed E-state index contributed by atoms with van der Waals surface area (Å²) in [5, 5.41) is 2.30. The quantitative estimate of drug-likeness (QED) is 0.554. The van der Waals surface area contributed by atoms with E-state index in [0.29, 0.717) is 6.29 Å². The van der Waals surface area contributed by atoms with Gasteiger partial charge < -0.3 is 4.74 Å². The first-order valence-electron chi connectivity index (χ1n) is 2.85. The Balaban J connectivity index is 2.35. The second kappa shape index (κ2) is 3.03. The third-order valence-corrected chi connectivity index (χ3v) is 1.26. The third-order valence-electron chi connectivity index (χ3n) is 1.26. The lowest BCUT2D eigenvalue weighted by Gasteiger charge is -2.05. The lowest BCUT2D eigenvalue weighted by Crippen LogP contribution is -2.36. The summed E-state index contributed by atoms with van der Waals surface area (Å²) in [7, 11) is 0. The molecule has 1 rings (SSSR count). The zero-order valence-electron chi connectivity index (χ0n) is 5.09. The van der Waals surface area contributed by atoms with Gasteiger partial charge in [0, 0.05) is 0 Å². The number of hydrogen-bond donors (Lipinski definition) is 1. The Bertz CT molecular complexity index is 131. The first-order valence-corrected chi connectivity index (χ1v) is 2.85. The number of carbonyl (C=O) groups excluding carboxylic acids is 1. The highest BCUT2D eigenvalue weighted by atomic mass is 19.3. The number of carbonyl (C=O) groups is 1. The van der Waals surface area contributed by atoms with Gasteiger partial charge >= 0.3 is 0 Å². The van der Waals surface area contributed by atoms with Crippen LogP contribution >= 0.6 is 0 Å². The molecular formula is C5H7F2NO2. The van der Waals surface area contributed by atoms with Crippen molar-refractivity contribution in [1.82, 2.24) is 5.32 Å². The van der Waals surface area contributed by atoms with Crippen molar-refractivity contribution in [1.29, 1.82) is 0 Å². The topological polar surface area (TPSA) is 38.3 Å². The molecule has 1 heterocycles. The van der Waals surface area contributed by atoms with Crippen LogP contribution in [0.1, 0.15) is 0 Å². The number of aldehydes is 1. The van der Waals surface area contributed by atoms with E-state index in [1.54, 1.807) is 0 Å². The molecule has 1 N–H and O–H groups in total. The molecule has 3 nitrogen and oxygen atoms in total. The zero-order chi connectivity index (χ0) is 7.56. The Kier molecular flexibility index (Phi) is 2.29. The van der Waals surface area contributed by atoms with Crippen LogP contribution in [0, 0.1) is 0 Å². The number of nitrogens with one attached hydrogen (secondary N) is 1. The van der Waals surface area contributed by atoms with Gasteiger partial charge in [-0.3, -0.25) is 10.1 Å². The van der Waals surface area contributed by atoms with E-state index in [1.165, 1.54) is 0 Å². The molecule has 1 aliphatic heterocycles. The zero-order valence-corrected chi connectivity index (χ0v) is 5.09. The van der Waals surface area contributed by atoms with E-state index in [-0.39, 0.29) is 6.61 Å². The molecule has 0 aromatic carbocycles. The molecule has 0 aliphatic carbocycles. The fourth-order valence-corrected chi connectivity index (χ4v) is 0.739. The lowest BCUT2D eigenvalue weighted by molar-refractivity contribution is -0.116. The van der Waals surface area contributed by atoms with Crippen LogP contribution in [-0.2, 0) is 9.53 Å². The summed E-state index contributed by atoms with van der Waals surface area (Å²) in [6, 6.07) is -0.991. The molecule has 1 fully saturated rings. The van der Waals surface area contributed by atoms with E-state index in [9.17, 15) is 13.6 Å². The Labute approximate surface area is 56.3 Å². The van der Waals surface area contributed by atoms with Crippen LogP contribution in [0.15, 0.2) is 0 Å². The van der Waals surface area contributed by atoms with Crippen LogP contribution in [0.25, 0.3) is 0 Å². The van der Waals surface area contributed by atoms with E-state index in [0.717, 1.165) is 0 Å². The molecule has 0 radical (unpaired) electrons. The van der Waals surface area contributed by atoms with Crippen LogP contribution in [-0.4, -0.2) is 31.6 Å². The molecule has 5 heteroatoms. The van der Waals surface area contributed by atoms with E-state index in [4.69, 9.17) is 0 Å². The second-order valence-corrected chi connectivity index (χ2v) is 2.00. The van der Waals surface area contributed by atoms with Crippen LogP contribution < -0.4 is 5.32 Å². The van der Waals surface area contributed by atoms with Gasteiger partial charge in [-0.05, 0) is 0 Å². The molecule has 0 spiro atoms. The monoisotopic (exact) mass is 151 g/mol. The molecule has 2 atom stereocenters. The molecule has 0 aromatic rings.